The van der Waals surface area contributed by atoms with Crippen LogP contribution in [-0.4, -0.2) is 23.4 Å². The fraction of sp³-hybridized carbons (Fsp3) is 0.333. The third-order valence-electron chi connectivity index (χ3n) is 3.38. The summed E-state index contributed by atoms with van der Waals surface area (Å²) in [7, 11) is 0. The molecule has 5 heteroatoms. The molecule has 0 fully saturated rings. The predicted molar refractivity (Wildman–Crippen MR) is 88.1 cm³/mol. The number of aromatic hydroxyl groups is 2. The summed E-state index contributed by atoms with van der Waals surface area (Å²) in [4.78, 5) is 0. The van der Waals surface area contributed by atoms with E-state index in [0.717, 1.165) is 11.1 Å². The van der Waals surface area contributed by atoms with Gasteiger partial charge in [-0.1, -0.05) is 12.1 Å². The highest BCUT2D eigenvalue weighted by Crippen LogP contribution is 2.45. The second-order valence-corrected chi connectivity index (χ2v) is 5.08. The topological polar surface area (TPSA) is 68.2 Å². The molecular formula is C18H22O5. The third kappa shape index (κ3) is 3.44. The number of phenols is 2. The number of ether oxygens (including phenoxy) is 3. The van der Waals surface area contributed by atoms with Gasteiger partial charge in [0.1, 0.15) is 0 Å². The molecule has 0 saturated heterocycles. The van der Waals surface area contributed by atoms with E-state index in [1.165, 1.54) is 0 Å². The highest BCUT2D eigenvalue weighted by atomic mass is 16.5. The van der Waals surface area contributed by atoms with Crippen LogP contribution in [0.1, 0.15) is 25.0 Å². The van der Waals surface area contributed by atoms with Gasteiger partial charge in [-0.3, -0.25) is 0 Å². The molecule has 0 amide bonds. The lowest BCUT2D eigenvalue weighted by atomic mass is 10.2. The van der Waals surface area contributed by atoms with Crippen molar-refractivity contribution in [2.45, 2.75) is 27.7 Å². The largest absolute Gasteiger partial charge is 0.502 e. The molecule has 124 valence electrons. The molecule has 0 radical (unpaired) electrons. The Bertz CT molecular complexity index is 635. The van der Waals surface area contributed by atoms with Gasteiger partial charge in [0.05, 0.1) is 13.2 Å². The van der Waals surface area contributed by atoms with E-state index in [4.69, 9.17) is 14.2 Å². The molecule has 0 unspecified atom stereocenters. The van der Waals surface area contributed by atoms with Crippen molar-refractivity contribution in [2.24, 2.45) is 0 Å². The molecule has 2 rings (SSSR count). The highest BCUT2D eigenvalue weighted by molar-refractivity contribution is 5.59. The van der Waals surface area contributed by atoms with Crippen molar-refractivity contribution in [1.29, 1.82) is 0 Å². The maximum Gasteiger partial charge on any atom is 0.201 e. The fourth-order valence-electron chi connectivity index (χ4n) is 2.24. The molecule has 0 heterocycles. The van der Waals surface area contributed by atoms with Crippen LogP contribution in [0.25, 0.3) is 0 Å². The van der Waals surface area contributed by atoms with Gasteiger partial charge < -0.3 is 24.4 Å². The van der Waals surface area contributed by atoms with Crippen LogP contribution in [0.3, 0.4) is 0 Å². The van der Waals surface area contributed by atoms with E-state index in [2.05, 4.69) is 0 Å². The molecule has 0 aliphatic heterocycles. The second-order valence-electron chi connectivity index (χ2n) is 5.08. The maximum absolute atomic E-state index is 10.3. The molecule has 2 aromatic rings. The lowest BCUT2D eigenvalue weighted by Gasteiger charge is -2.16. The SMILES string of the molecule is CCOc1c(C)ccc(Oc2ccc(C)c(OCC)c2O)c1O. The van der Waals surface area contributed by atoms with Crippen LogP contribution in [0, 0.1) is 13.8 Å². The number of benzene rings is 2. The molecular weight excluding hydrogens is 296 g/mol. The standard InChI is InChI=1S/C18H22O5/c1-5-21-17-11(3)7-9-13(15(17)19)23-14-10-8-12(4)18(16(14)20)22-6-2/h7-10,19-20H,5-6H2,1-4H3. The summed E-state index contributed by atoms with van der Waals surface area (Å²) >= 11 is 0. The zero-order chi connectivity index (χ0) is 17.0. The minimum absolute atomic E-state index is 0.0928. The monoisotopic (exact) mass is 318 g/mol. The Morgan fingerprint density at radius 2 is 1.13 bits per heavy atom. The van der Waals surface area contributed by atoms with Crippen molar-refractivity contribution in [3.63, 3.8) is 0 Å². The summed E-state index contributed by atoms with van der Waals surface area (Å²) in [5.41, 5.74) is 1.61. The number of hydrogen-bond donors (Lipinski definition) is 2. The van der Waals surface area contributed by atoms with Crippen LogP contribution in [0.15, 0.2) is 24.3 Å². The van der Waals surface area contributed by atoms with Gasteiger partial charge in [0.25, 0.3) is 0 Å². The van der Waals surface area contributed by atoms with E-state index < -0.39 is 0 Å². The highest BCUT2D eigenvalue weighted by Gasteiger charge is 2.17. The summed E-state index contributed by atoms with van der Waals surface area (Å²) in [6.45, 7) is 8.22. The number of hydrogen-bond acceptors (Lipinski definition) is 5. The molecule has 5 nitrogen and oxygen atoms in total. The van der Waals surface area contributed by atoms with Gasteiger partial charge >= 0.3 is 0 Å². The van der Waals surface area contributed by atoms with Crippen molar-refractivity contribution in [2.75, 3.05) is 13.2 Å². The van der Waals surface area contributed by atoms with Gasteiger partial charge in [-0.05, 0) is 51.0 Å². The fourth-order valence-corrected chi connectivity index (χ4v) is 2.24. The second kappa shape index (κ2) is 7.13. The molecule has 0 spiro atoms. The maximum atomic E-state index is 10.3. The van der Waals surface area contributed by atoms with Crippen molar-refractivity contribution >= 4 is 0 Å². The van der Waals surface area contributed by atoms with Crippen LogP contribution in [-0.2, 0) is 0 Å². The Hall–Kier alpha value is -2.56. The smallest absolute Gasteiger partial charge is 0.201 e. The first-order valence-electron chi connectivity index (χ1n) is 7.58. The summed E-state index contributed by atoms with van der Waals surface area (Å²) in [5.74, 6) is 0.985. The zero-order valence-corrected chi connectivity index (χ0v) is 13.8. The minimum Gasteiger partial charge on any atom is -0.502 e. The average molecular weight is 318 g/mol. The Kier molecular flexibility index (Phi) is 5.21. The molecule has 2 N–H and O–H groups in total. The van der Waals surface area contributed by atoms with Gasteiger partial charge in [0, 0.05) is 0 Å². The quantitative estimate of drug-likeness (QED) is 0.831. The Morgan fingerprint density at radius 1 is 0.739 bits per heavy atom. The molecule has 2 aromatic carbocycles. The summed E-state index contributed by atoms with van der Waals surface area (Å²) in [6, 6.07) is 6.84. The van der Waals surface area contributed by atoms with E-state index in [-0.39, 0.29) is 23.0 Å². The van der Waals surface area contributed by atoms with Gasteiger partial charge in [0.15, 0.2) is 23.0 Å². The van der Waals surface area contributed by atoms with Crippen molar-refractivity contribution in [3.05, 3.63) is 35.4 Å². The van der Waals surface area contributed by atoms with Crippen LogP contribution >= 0.6 is 0 Å². The predicted octanol–water partition coefficient (Wildman–Crippen LogP) is 4.30. The molecule has 0 aliphatic rings. The summed E-state index contributed by atoms with van der Waals surface area (Å²) in [6.07, 6.45) is 0. The van der Waals surface area contributed by atoms with Crippen LogP contribution < -0.4 is 14.2 Å². The van der Waals surface area contributed by atoms with E-state index in [9.17, 15) is 10.2 Å². The molecule has 0 aromatic heterocycles. The van der Waals surface area contributed by atoms with E-state index in [0.29, 0.717) is 24.7 Å². The first-order chi connectivity index (χ1) is 11.0. The third-order valence-corrected chi connectivity index (χ3v) is 3.38. The molecule has 0 aliphatic carbocycles. The minimum atomic E-state index is -0.0928. The van der Waals surface area contributed by atoms with E-state index in [1.54, 1.807) is 24.3 Å². The van der Waals surface area contributed by atoms with Crippen molar-refractivity contribution < 1.29 is 24.4 Å². The van der Waals surface area contributed by atoms with E-state index in [1.807, 2.05) is 27.7 Å². The first kappa shape index (κ1) is 16.8. The molecule has 0 bridgehead atoms. The van der Waals surface area contributed by atoms with Crippen LogP contribution in [0.5, 0.6) is 34.5 Å². The van der Waals surface area contributed by atoms with Crippen molar-refractivity contribution in [3.8, 4) is 34.5 Å². The Labute approximate surface area is 136 Å². The zero-order valence-electron chi connectivity index (χ0n) is 13.8. The number of rotatable bonds is 6. The first-order valence-corrected chi connectivity index (χ1v) is 7.58. The van der Waals surface area contributed by atoms with Crippen LogP contribution in [0.4, 0.5) is 0 Å². The van der Waals surface area contributed by atoms with Crippen molar-refractivity contribution in [1.82, 2.24) is 0 Å². The Morgan fingerprint density at radius 3 is 1.48 bits per heavy atom. The van der Waals surface area contributed by atoms with Crippen LogP contribution in [0.2, 0.25) is 0 Å². The molecule has 0 atom stereocenters. The molecule has 23 heavy (non-hydrogen) atoms. The van der Waals surface area contributed by atoms with Gasteiger partial charge in [0.2, 0.25) is 11.5 Å². The normalized spacial score (nSPS) is 10.4. The van der Waals surface area contributed by atoms with Gasteiger partial charge in [-0.25, -0.2) is 0 Å². The summed E-state index contributed by atoms with van der Waals surface area (Å²) in [5, 5.41) is 20.6. The lowest BCUT2D eigenvalue weighted by Crippen LogP contribution is -1.97. The number of phenolic OH excluding ortho intramolecular Hbond substituents is 2. The van der Waals surface area contributed by atoms with Gasteiger partial charge in [-0.15, -0.1) is 0 Å². The summed E-state index contributed by atoms with van der Waals surface area (Å²) < 4.78 is 16.5. The van der Waals surface area contributed by atoms with Gasteiger partial charge in [-0.2, -0.15) is 0 Å². The van der Waals surface area contributed by atoms with E-state index >= 15 is 0 Å². The lowest BCUT2D eigenvalue weighted by molar-refractivity contribution is 0.299. The molecule has 0 saturated carbocycles. The number of aryl methyl sites for hydroxylation is 2. The Balaban J connectivity index is 2.40. The average Bonchev–Trinajstić information content (AvgIpc) is 2.53.